The van der Waals surface area contributed by atoms with E-state index in [1.165, 1.54) is 0 Å². The number of carbonyl (C=O) groups excluding carboxylic acids is 2. The summed E-state index contributed by atoms with van der Waals surface area (Å²) < 4.78 is 0. The predicted octanol–water partition coefficient (Wildman–Crippen LogP) is 1.53. The highest BCUT2D eigenvalue weighted by Crippen LogP contribution is 2.17. The Bertz CT molecular complexity index is 524. The lowest BCUT2D eigenvalue weighted by Gasteiger charge is -2.17. The molecule has 0 fully saturated rings. The first-order chi connectivity index (χ1) is 9.22. The van der Waals surface area contributed by atoms with Gasteiger partial charge in [-0.15, -0.1) is 0 Å². The number of hydrogen-bond acceptors (Lipinski definition) is 3. The molecular formula is C15H23N3O2. The lowest BCUT2D eigenvalue weighted by Crippen LogP contribution is -2.46. The summed E-state index contributed by atoms with van der Waals surface area (Å²) in [6.45, 7) is 9.14. The zero-order valence-corrected chi connectivity index (χ0v) is 12.7. The summed E-state index contributed by atoms with van der Waals surface area (Å²) in [5, 5.41) is 5.44. The van der Waals surface area contributed by atoms with Crippen molar-refractivity contribution in [2.45, 2.75) is 46.7 Å². The number of carbonyl (C=O) groups is 2. The van der Waals surface area contributed by atoms with Gasteiger partial charge in [0.2, 0.25) is 5.91 Å². The van der Waals surface area contributed by atoms with Crippen LogP contribution in [0.4, 0.5) is 5.69 Å². The van der Waals surface area contributed by atoms with E-state index in [0.717, 1.165) is 11.1 Å². The molecule has 0 aliphatic rings. The van der Waals surface area contributed by atoms with Crippen molar-refractivity contribution in [2.75, 3.05) is 5.73 Å². The van der Waals surface area contributed by atoms with E-state index in [1.807, 2.05) is 33.8 Å². The van der Waals surface area contributed by atoms with Gasteiger partial charge in [-0.1, -0.05) is 6.07 Å². The second kappa shape index (κ2) is 6.41. The van der Waals surface area contributed by atoms with Crippen LogP contribution in [0, 0.1) is 13.8 Å². The number of nitrogens with two attached hydrogens (primary N) is 1. The zero-order valence-electron chi connectivity index (χ0n) is 12.7. The molecular weight excluding hydrogens is 254 g/mol. The molecule has 0 aliphatic carbocycles. The van der Waals surface area contributed by atoms with Crippen LogP contribution in [0.1, 0.15) is 42.3 Å². The van der Waals surface area contributed by atoms with E-state index < -0.39 is 6.04 Å². The van der Waals surface area contributed by atoms with Gasteiger partial charge in [-0.25, -0.2) is 0 Å². The number of amides is 2. The first-order valence-corrected chi connectivity index (χ1v) is 6.70. The standard InChI is InChI=1S/C15H23N3O2/c1-8(2)17-14(19)11(5)18-15(20)12-7-13(16)10(4)6-9(12)3/h6-8,11H,16H2,1-5H3,(H,17,19)(H,18,20). The molecule has 0 saturated carbocycles. The Morgan fingerprint density at radius 3 is 2.20 bits per heavy atom. The van der Waals surface area contributed by atoms with E-state index in [0.29, 0.717) is 11.3 Å². The van der Waals surface area contributed by atoms with Crippen molar-refractivity contribution in [3.8, 4) is 0 Å². The molecule has 0 aliphatic heterocycles. The highest BCUT2D eigenvalue weighted by molar-refractivity contribution is 5.99. The molecule has 4 N–H and O–H groups in total. The van der Waals surface area contributed by atoms with Crippen LogP contribution < -0.4 is 16.4 Å². The minimum Gasteiger partial charge on any atom is -0.398 e. The quantitative estimate of drug-likeness (QED) is 0.730. The Labute approximate surface area is 119 Å². The summed E-state index contributed by atoms with van der Waals surface area (Å²) in [7, 11) is 0. The number of nitrogen functional groups attached to an aromatic ring is 1. The molecule has 20 heavy (non-hydrogen) atoms. The number of hydrogen-bond donors (Lipinski definition) is 3. The molecule has 0 bridgehead atoms. The summed E-state index contributed by atoms with van der Waals surface area (Å²) in [4.78, 5) is 24.0. The van der Waals surface area contributed by atoms with Crippen molar-refractivity contribution in [1.82, 2.24) is 10.6 Å². The molecule has 0 aromatic heterocycles. The van der Waals surface area contributed by atoms with Gasteiger partial charge in [0.05, 0.1) is 0 Å². The summed E-state index contributed by atoms with van der Waals surface area (Å²) in [5.41, 5.74) is 8.66. The number of anilines is 1. The van der Waals surface area contributed by atoms with Gasteiger partial charge in [0, 0.05) is 17.3 Å². The molecule has 5 nitrogen and oxygen atoms in total. The van der Waals surface area contributed by atoms with Crippen LogP contribution in [0.5, 0.6) is 0 Å². The van der Waals surface area contributed by atoms with Gasteiger partial charge in [-0.3, -0.25) is 9.59 Å². The Kier molecular flexibility index (Phi) is 5.13. The molecule has 1 unspecified atom stereocenters. The van der Waals surface area contributed by atoms with Gasteiger partial charge in [0.15, 0.2) is 0 Å². The van der Waals surface area contributed by atoms with Crippen LogP contribution in [0.25, 0.3) is 0 Å². The SMILES string of the molecule is Cc1cc(C)c(C(=O)NC(C)C(=O)NC(C)C)cc1N. The van der Waals surface area contributed by atoms with E-state index >= 15 is 0 Å². The molecule has 5 heteroatoms. The highest BCUT2D eigenvalue weighted by atomic mass is 16.2. The maximum Gasteiger partial charge on any atom is 0.252 e. The number of benzene rings is 1. The molecule has 110 valence electrons. The second-order valence-electron chi connectivity index (χ2n) is 5.38. The largest absolute Gasteiger partial charge is 0.398 e. The lowest BCUT2D eigenvalue weighted by atomic mass is 10.0. The van der Waals surface area contributed by atoms with E-state index in [2.05, 4.69) is 10.6 Å². The van der Waals surface area contributed by atoms with Gasteiger partial charge in [-0.2, -0.15) is 0 Å². The van der Waals surface area contributed by atoms with E-state index in [-0.39, 0.29) is 17.9 Å². The third kappa shape index (κ3) is 3.98. The highest BCUT2D eigenvalue weighted by Gasteiger charge is 2.18. The van der Waals surface area contributed by atoms with E-state index in [1.54, 1.807) is 13.0 Å². The molecule has 1 aromatic rings. The number of rotatable bonds is 4. The van der Waals surface area contributed by atoms with Crippen molar-refractivity contribution >= 4 is 17.5 Å². The average molecular weight is 277 g/mol. The van der Waals surface area contributed by atoms with Gasteiger partial charge >= 0.3 is 0 Å². The molecule has 0 heterocycles. The maximum atomic E-state index is 12.2. The van der Waals surface area contributed by atoms with Crippen LogP contribution >= 0.6 is 0 Å². The molecule has 1 rings (SSSR count). The van der Waals surface area contributed by atoms with Gasteiger partial charge < -0.3 is 16.4 Å². The fourth-order valence-corrected chi connectivity index (χ4v) is 1.86. The fraction of sp³-hybridized carbons (Fsp3) is 0.467. The van der Waals surface area contributed by atoms with Crippen LogP contribution in [-0.4, -0.2) is 23.9 Å². The molecule has 0 saturated heterocycles. The lowest BCUT2D eigenvalue weighted by molar-refractivity contribution is -0.123. The Morgan fingerprint density at radius 1 is 1.05 bits per heavy atom. The maximum absolute atomic E-state index is 12.2. The Hall–Kier alpha value is -2.04. The number of nitrogens with one attached hydrogen (secondary N) is 2. The first kappa shape index (κ1) is 16.0. The summed E-state index contributed by atoms with van der Waals surface area (Å²) in [5.74, 6) is -0.494. The summed E-state index contributed by atoms with van der Waals surface area (Å²) >= 11 is 0. The van der Waals surface area contributed by atoms with E-state index in [4.69, 9.17) is 5.73 Å². The average Bonchev–Trinajstić information content (AvgIpc) is 2.32. The molecule has 0 spiro atoms. The van der Waals surface area contributed by atoms with Crippen molar-refractivity contribution < 1.29 is 9.59 Å². The van der Waals surface area contributed by atoms with Crippen molar-refractivity contribution in [1.29, 1.82) is 0 Å². The van der Waals surface area contributed by atoms with Crippen LogP contribution in [0.2, 0.25) is 0 Å². The van der Waals surface area contributed by atoms with Crippen LogP contribution in [-0.2, 0) is 4.79 Å². The smallest absolute Gasteiger partial charge is 0.252 e. The van der Waals surface area contributed by atoms with Crippen molar-refractivity contribution in [3.05, 3.63) is 28.8 Å². The predicted molar refractivity (Wildman–Crippen MR) is 80.5 cm³/mol. The monoisotopic (exact) mass is 277 g/mol. The van der Waals surface area contributed by atoms with Gasteiger partial charge in [0.25, 0.3) is 5.91 Å². The van der Waals surface area contributed by atoms with Crippen LogP contribution in [0.15, 0.2) is 12.1 Å². The first-order valence-electron chi connectivity index (χ1n) is 6.70. The molecule has 0 radical (unpaired) electrons. The summed E-state index contributed by atoms with van der Waals surface area (Å²) in [6.07, 6.45) is 0. The summed E-state index contributed by atoms with van der Waals surface area (Å²) in [6, 6.07) is 2.96. The molecule has 1 aromatic carbocycles. The molecule has 2 amide bonds. The third-order valence-electron chi connectivity index (χ3n) is 3.03. The third-order valence-corrected chi connectivity index (χ3v) is 3.03. The van der Waals surface area contributed by atoms with Crippen LogP contribution in [0.3, 0.4) is 0 Å². The Morgan fingerprint density at radius 2 is 1.65 bits per heavy atom. The minimum atomic E-state index is -0.591. The fourth-order valence-electron chi connectivity index (χ4n) is 1.86. The van der Waals surface area contributed by atoms with Gasteiger partial charge in [0.1, 0.15) is 6.04 Å². The second-order valence-corrected chi connectivity index (χ2v) is 5.38. The number of aryl methyl sites for hydroxylation is 2. The molecule has 1 atom stereocenters. The minimum absolute atomic E-state index is 0.0404. The normalized spacial score (nSPS) is 12.1. The van der Waals surface area contributed by atoms with Crippen molar-refractivity contribution in [3.63, 3.8) is 0 Å². The topological polar surface area (TPSA) is 84.2 Å². The van der Waals surface area contributed by atoms with Crippen molar-refractivity contribution in [2.24, 2.45) is 0 Å². The van der Waals surface area contributed by atoms with Gasteiger partial charge in [-0.05, 0) is 51.8 Å². The zero-order chi connectivity index (χ0) is 15.4. The Balaban J connectivity index is 2.81. The van der Waals surface area contributed by atoms with E-state index in [9.17, 15) is 9.59 Å².